The van der Waals surface area contributed by atoms with E-state index < -0.39 is 11.1 Å². The van der Waals surface area contributed by atoms with E-state index in [0.29, 0.717) is 10.5 Å². The molecular weight excluding hydrogens is 230 g/mol. The minimum atomic E-state index is -2.00. The van der Waals surface area contributed by atoms with Gasteiger partial charge in [0.15, 0.2) is 0 Å². The van der Waals surface area contributed by atoms with Crippen LogP contribution >= 0.6 is 22.9 Å². The lowest BCUT2D eigenvalue weighted by Gasteiger charge is -1.86. The van der Waals surface area contributed by atoms with Crippen LogP contribution in [0.2, 0.25) is 5.02 Å². The van der Waals surface area contributed by atoms with E-state index in [2.05, 4.69) is 4.98 Å². The first kappa shape index (κ1) is 9.08. The summed E-state index contributed by atoms with van der Waals surface area (Å²) in [5.41, 5.74) is 0.662. The third-order valence-corrected chi connectivity index (χ3v) is 3.61. The zero-order valence-electron chi connectivity index (χ0n) is 6.23. The van der Waals surface area contributed by atoms with Gasteiger partial charge in [-0.25, -0.2) is 9.19 Å². The molecular formula is C7H4ClNO2S2. The largest absolute Gasteiger partial charge is 0.300 e. The SMILES string of the molecule is O=S(O)c1nc2cc(Cl)ccc2s1. The summed E-state index contributed by atoms with van der Waals surface area (Å²) >= 11 is 4.92. The maximum atomic E-state index is 10.7. The second-order valence-corrected chi connectivity index (χ2v) is 4.95. The Morgan fingerprint density at radius 3 is 3.00 bits per heavy atom. The van der Waals surface area contributed by atoms with Crippen molar-refractivity contribution in [2.75, 3.05) is 0 Å². The maximum absolute atomic E-state index is 10.7. The summed E-state index contributed by atoms with van der Waals surface area (Å²) in [6.07, 6.45) is 0. The van der Waals surface area contributed by atoms with Crippen molar-refractivity contribution < 1.29 is 8.76 Å². The molecule has 2 aromatic rings. The Morgan fingerprint density at radius 2 is 2.31 bits per heavy atom. The molecule has 1 heterocycles. The topological polar surface area (TPSA) is 50.2 Å². The van der Waals surface area contributed by atoms with Gasteiger partial charge in [-0.05, 0) is 18.2 Å². The second-order valence-electron chi connectivity index (χ2n) is 2.34. The highest BCUT2D eigenvalue weighted by Crippen LogP contribution is 2.26. The van der Waals surface area contributed by atoms with Crippen molar-refractivity contribution in [2.24, 2.45) is 0 Å². The Labute approximate surface area is 85.7 Å². The number of aromatic nitrogens is 1. The van der Waals surface area contributed by atoms with Crippen molar-refractivity contribution >= 4 is 44.2 Å². The van der Waals surface area contributed by atoms with Gasteiger partial charge in [0.2, 0.25) is 15.4 Å². The van der Waals surface area contributed by atoms with Gasteiger partial charge in [-0.1, -0.05) is 11.6 Å². The fourth-order valence-electron chi connectivity index (χ4n) is 0.954. The van der Waals surface area contributed by atoms with E-state index >= 15 is 0 Å². The molecule has 0 amide bonds. The third-order valence-electron chi connectivity index (χ3n) is 1.48. The first-order valence-electron chi connectivity index (χ1n) is 3.34. The molecule has 0 aliphatic rings. The summed E-state index contributed by atoms with van der Waals surface area (Å²) in [7, 11) is 0. The maximum Gasteiger partial charge on any atom is 0.216 e. The van der Waals surface area contributed by atoms with Gasteiger partial charge in [-0.15, -0.1) is 11.3 Å². The van der Waals surface area contributed by atoms with Crippen LogP contribution in [-0.4, -0.2) is 13.7 Å². The van der Waals surface area contributed by atoms with E-state index in [1.54, 1.807) is 18.2 Å². The molecule has 3 nitrogen and oxygen atoms in total. The molecule has 68 valence electrons. The van der Waals surface area contributed by atoms with Crippen LogP contribution in [0.4, 0.5) is 0 Å². The van der Waals surface area contributed by atoms with Gasteiger partial charge in [0.05, 0.1) is 10.2 Å². The summed E-state index contributed by atoms with van der Waals surface area (Å²) < 4.78 is 20.5. The fraction of sp³-hybridized carbons (Fsp3) is 0. The average Bonchev–Trinajstić information content (AvgIpc) is 2.46. The van der Waals surface area contributed by atoms with Crippen LogP contribution in [0.25, 0.3) is 10.2 Å². The highest BCUT2D eigenvalue weighted by atomic mass is 35.5. The second kappa shape index (κ2) is 3.34. The van der Waals surface area contributed by atoms with Crippen LogP contribution in [0.1, 0.15) is 0 Å². The summed E-state index contributed by atoms with van der Waals surface area (Å²) in [5, 5.41) is 0.577. The molecule has 0 aliphatic heterocycles. The Balaban J connectivity index is 2.68. The third kappa shape index (κ3) is 1.73. The number of benzene rings is 1. The van der Waals surface area contributed by atoms with Gasteiger partial charge in [0.1, 0.15) is 0 Å². The summed E-state index contributed by atoms with van der Waals surface area (Å²) in [5.74, 6) is 0. The monoisotopic (exact) mass is 233 g/mol. The van der Waals surface area contributed by atoms with Crippen molar-refractivity contribution in [2.45, 2.75) is 4.34 Å². The van der Waals surface area contributed by atoms with Crippen LogP contribution < -0.4 is 0 Å². The molecule has 2 rings (SSSR count). The first-order chi connectivity index (χ1) is 6.16. The number of rotatable bonds is 1. The highest BCUT2D eigenvalue weighted by molar-refractivity contribution is 7.81. The summed E-state index contributed by atoms with van der Waals surface area (Å²) in [6, 6.07) is 5.18. The van der Waals surface area contributed by atoms with Gasteiger partial charge in [-0.3, -0.25) is 0 Å². The molecule has 13 heavy (non-hydrogen) atoms. The Kier molecular flexibility index (Phi) is 2.33. The molecule has 0 bridgehead atoms. The number of thiazole rings is 1. The van der Waals surface area contributed by atoms with E-state index in [0.717, 1.165) is 4.70 Å². The molecule has 1 aromatic carbocycles. The van der Waals surface area contributed by atoms with Gasteiger partial charge in [0.25, 0.3) is 0 Å². The molecule has 0 spiro atoms. The minimum absolute atomic E-state index is 0.206. The minimum Gasteiger partial charge on any atom is -0.300 e. The molecule has 6 heteroatoms. The van der Waals surface area contributed by atoms with Crippen molar-refractivity contribution in [3.8, 4) is 0 Å². The van der Waals surface area contributed by atoms with Crippen molar-refractivity contribution in [3.05, 3.63) is 23.2 Å². The number of fused-ring (bicyclic) bond motifs is 1. The predicted molar refractivity (Wildman–Crippen MR) is 53.7 cm³/mol. The lowest BCUT2D eigenvalue weighted by Crippen LogP contribution is -1.84. The smallest absolute Gasteiger partial charge is 0.216 e. The number of hydrogen-bond donors (Lipinski definition) is 1. The Morgan fingerprint density at radius 1 is 1.54 bits per heavy atom. The van der Waals surface area contributed by atoms with Gasteiger partial charge in [-0.2, -0.15) is 0 Å². The van der Waals surface area contributed by atoms with Crippen LogP contribution in [0.3, 0.4) is 0 Å². The number of nitrogens with zero attached hydrogens (tertiary/aromatic N) is 1. The Bertz CT molecular complexity index is 482. The molecule has 1 aromatic heterocycles. The summed E-state index contributed by atoms with van der Waals surface area (Å²) in [4.78, 5) is 3.96. The van der Waals surface area contributed by atoms with E-state index in [-0.39, 0.29) is 4.34 Å². The molecule has 0 fully saturated rings. The highest BCUT2D eigenvalue weighted by Gasteiger charge is 2.07. The van der Waals surface area contributed by atoms with Gasteiger partial charge >= 0.3 is 0 Å². The van der Waals surface area contributed by atoms with E-state index in [4.69, 9.17) is 16.2 Å². The lowest BCUT2D eigenvalue weighted by atomic mass is 10.3. The molecule has 1 unspecified atom stereocenters. The molecule has 1 N–H and O–H groups in total. The van der Waals surface area contributed by atoms with Crippen LogP contribution in [0.5, 0.6) is 0 Å². The van der Waals surface area contributed by atoms with E-state index in [1.807, 2.05) is 0 Å². The van der Waals surface area contributed by atoms with Crippen molar-refractivity contribution in [1.29, 1.82) is 0 Å². The van der Waals surface area contributed by atoms with Crippen molar-refractivity contribution in [3.63, 3.8) is 0 Å². The molecule has 1 atom stereocenters. The van der Waals surface area contributed by atoms with E-state index in [1.165, 1.54) is 11.3 Å². The molecule has 0 saturated heterocycles. The molecule has 0 aliphatic carbocycles. The van der Waals surface area contributed by atoms with E-state index in [9.17, 15) is 4.21 Å². The molecule has 0 radical (unpaired) electrons. The zero-order valence-corrected chi connectivity index (χ0v) is 8.62. The Hall–Kier alpha value is -0.490. The lowest BCUT2D eigenvalue weighted by molar-refractivity contribution is 0.564. The normalized spacial score (nSPS) is 13.4. The molecule has 0 saturated carbocycles. The average molecular weight is 234 g/mol. The zero-order chi connectivity index (χ0) is 9.42. The van der Waals surface area contributed by atoms with Gasteiger partial charge in [0, 0.05) is 5.02 Å². The standard InChI is InChI=1S/C7H4ClNO2S2/c8-4-1-2-6-5(3-4)9-7(12-6)13(10)11/h1-3H,(H,10,11). The fourth-order valence-corrected chi connectivity index (χ4v) is 2.53. The van der Waals surface area contributed by atoms with Gasteiger partial charge < -0.3 is 4.55 Å². The van der Waals surface area contributed by atoms with Crippen LogP contribution in [0.15, 0.2) is 22.5 Å². The number of hydrogen-bond acceptors (Lipinski definition) is 3. The van der Waals surface area contributed by atoms with Crippen molar-refractivity contribution in [1.82, 2.24) is 4.98 Å². The van der Waals surface area contributed by atoms with Crippen LogP contribution in [0, 0.1) is 0 Å². The quantitative estimate of drug-likeness (QED) is 0.770. The number of halogens is 1. The first-order valence-corrected chi connectivity index (χ1v) is 5.64. The van der Waals surface area contributed by atoms with Crippen LogP contribution in [-0.2, 0) is 11.1 Å². The summed E-state index contributed by atoms with van der Waals surface area (Å²) in [6.45, 7) is 0. The predicted octanol–water partition coefficient (Wildman–Crippen LogP) is 2.53.